The number of aromatic nitrogens is 1. The van der Waals surface area contributed by atoms with E-state index in [-0.39, 0.29) is 11.3 Å². The standard InChI is InChI=1S/C20H21N3O5/c24-18(15-4-2-10-28-15)16-17(14-3-1-5-21-13-14)23(20(26)19(16)25)7-6-22-8-11-27-12-9-22/h1-5,10,13,17,25H,6-9,11-12H2/p+1. The molecule has 0 aromatic carbocycles. The fraction of sp³-hybridized carbons (Fsp3) is 0.350. The molecule has 28 heavy (non-hydrogen) atoms. The summed E-state index contributed by atoms with van der Waals surface area (Å²) in [5.74, 6) is -1.47. The van der Waals surface area contributed by atoms with E-state index in [4.69, 9.17) is 9.15 Å². The van der Waals surface area contributed by atoms with Gasteiger partial charge in [0.05, 0.1) is 44.2 Å². The maximum atomic E-state index is 13.0. The number of nitrogens with one attached hydrogen (secondary N) is 1. The lowest BCUT2D eigenvalue weighted by molar-refractivity contribution is -0.907. The summed E-state index contributed by atoms with van der Waals surface area (Å²) in [6, 6.07) is 5.97. The summed E-state index contributed by atoms with van der Waals surface area (Å²) in [7, 11) is 0. The number of carbonyl (C=O) groups is 2. The summed E-state index contributed by atoms with van der Waals surface area (Å²) in [4.78, 5) is 32.8. The number of morpholine rings is 1. The molecule has 2 aromatic heterocycles. The summed E-state index contributed by atoms with van der Waals surface area (Å²) >= 11 is 0. The Labute approximate surface area is 162 Å². The molecule has 0 spiro atoms. The Morgan fingerprint density at radius 1 is 1.29 bits per heavy atom. The lowest BCUT2D eigenvalue weighted by atomic mass is 9.96. The van der Waals surface area contributed by atoms with E-state index in [1.807, 2.05) is 0 Å². The molecule has 1 unspecified atom stereocenters. The molecule has 2 aliphatic heterocycles. The van der Waals surface area contributed by atoms with Gasteiger partial charge in [-0.1, -0.05) is 6.07 Å². The minimum atomic E-state index is -0.695. The first-order valence-corrected chi connectivity index (χ1v) is 9.30. The minimum absolute atomic E-state index is 0.0323. The third-order valence-corrected chi connectivity index (χ3v) is 5.20. The fourth-order valence-corrected chi connectivity index (χ4v) is 3.73. The van der Waals surface area contributed by atoms with Crippen molar-refractivity contribution in [2.45, 2.75) is 6.04 Å². The molecular weight excluding hydrogens is 362 g/mol. The van der Waals surface area contributed by atoms with Crippen LogP contribution in [0.4, 0.5) is 0 Å². The molecule has 2 N–H and O–H groups in total. The van der Waals surface area contributed by atoms with Crippen LogP contribution in [-0.2, 0) is 9.53 Å². The van der Waals surface area contributed by atoms with Crippen LogP contribution in [0.15, 0.2) is 58.7 Å². The number of hydrogen-bond acceptors (Lipinski definition) is 6. The molecule has 1 fully saturated rings. The maximum Gasteiger partial charge on any atom is 0.290 e. The van der Waals surface area contributed by atoms with E-state index in [1.54, 1.807) is 35.5 Å². The Balaban J connectivity index is 1.64. The number of ether oxygens (including phenoxy) is 1. The van der Waals surface area contributed by atoms with Gasteiger partial charge in [0.25, 0.3) is 5.91 Å². The van der Waals surface area contributed by atoms with Crippen molar-refractivity contribution in [1.82, 2.24) is 9.88 Å². The van der Waals surface area contributed by atoms with Crippen LogP contribution in [0.3, 0.4) is 0 Å². The Morgan fingerprint density at radius 3 is 2.79 bits per heavy atom. The number of Topliss-reactive ketones (excluding diaryl/α,β-unsaturated/α-hetero) is 1. The van der Waals surface area contributed by atoms with Crippen LogP contribution in [0.1, 0.15) is 22.2 Å². The molecule has 4 heterocycles. The summed E-state index contributed by atoms with van der Waals surface area (Å²) in [6.07, 6.45) is 4.63. The minimum Gasteiger partial charge on any atom is -0.503 e. The van der Waals surface area contributed by atoms with Crippen LogP contribution < -0.4 is 4.90 Å². The Bertz CT molecular complexity index is 873. The SMILES string of the molecule is O=C(C1=C(O)C(=O)N(CC[NH+]2CCOCC2)C1c1cccnc1)c1ccco1. The highest BCUT2D eigenvalue weighted by Crippen LogP contribution is 2.38. The number of aliphatic hydroxyl groups excluding tert-OH is 1. The molecule has 2 aliphatic rings. The Hall–Kier alpha value is -2.97. The molecule has 4 rings (SSSR count). The van der Waals surface area contributed by atoms with Crippen molar-refractivity contribution < 1.29 is 28.7 Å². The molecule has 0 saturated carbocycles. The highest BCUT2D eigenvalue weighted by atomic mass is 16.5. The number of nitrogens with zero attached hydrogens (tertiary/aromatic N) is 2. The van der Waals surface area contributed by atoms with Crippen molar-refractivity contribution in [3.8, 4) is 0 Å². The number of hydrogen-bond donors (Lipinski definition) is 2. The third-order valence-electron chi connectivity index (χ3n) is 5.20. The number of pyridine rings is 1. The van der Waals surface area contributed by atoms with Gasteiger partial charge < -0.3 is 24.1 Å². The second kappa shape index (κ2) is 7.95. The van der Waals surface area contributed by atoms with Gasteiger partial charge in [-0.25, -0.2) is 0 Å². The van der Waals surface area contributed by atoms with Crippen molar-refractivity contribution in [3.63, 3.8) is 0 Å². The van der Waals surface area contributed by atoms with Gasteiger partial charge >= 0.3 is 0 Å². The van der Waals surface area contributed by atoms with E-state index in [1.165, 1.54) is 17.2 Å². The number of ketones is 1. The van der Waals surface area contributed by atoms with E-state index < -0.39 is 23.5 Å². The van der Waals surface area contributed by atoms with Crippen LogP contribution in [-0.4, -0.2) is 66.1 Å². The summed E-state index contributed by atoms with van der Waals surface area (Å²) in [5, 5.41) is 10.5. The predicted octanol–water partition coefficient (Wildman–Crippen LogP) is 0.168. The molecule has 1 atom stereocenters. The smallest absolute Gasteiger partial charge is 0.290 e. The van der Waals surface area contributed by atoms with Crippen molar-refractivity contribution in [3.05, 3.63) is 65.6 Å². The lowest BCUT2D eigenvalue weighted by Crippen LogP contribution is -3.14. The fourth-order valence-electron chi connectivity index (χ4n) is 3.73. The largest absolute Gasteiger partial charge is 0.503 e. The van der Waals surface area contributed by atoms with E-state index in [9.17, 15) is 14.7 Å². The van der Waals surface area contributed by atoms with Crippen LogP contribution >= 0.6 is 0 Å². The van der Waals surface area contributed by atoms with Crippen molar-refractivity contribution in [1.29, 1.82) is 0 Å². The number of quaternary nitrogens is 1. The van der Waals surface area contributed by atoms with E-state index in [2.05, 4.69) is 4.98 Å². The first-order chi connectivity index (χ1) is 13.7. The molecule has 146 valence electrons. The van der Waals surface area contributed by atoms with Gasteiger partial charge in [-0.05, 0) is 23.8 Å². The van der Waals surface area contributed by atoms with Gasteiger partial charge in [0, 0.05) is 12.4 Å². The molecule has 0 aliphatic carbocycles. The zero-order valence-electron chi connectivity index (χ0n) is 15.3. The van der Waals surface area contributed by atoms with Crippen LogP contribution in [0.5, 0.6) is 0 Å². The highest BCUT2D eigenvalue weighted by Gasteiger charge is 2.44. The topological polar surface area (TPSA) is 97.3 Å². The molecule has 1 amide bonds. The summed E-state index contributed by atoms with van der Waals surface area (Å²) in [6.45, 7) is 4.25. The van der Waals surface area contributed by atoms with Crippen LogP contribution in [0.25, 0.3) is 0 Å². The van der Waals surface area contributed by atoms with Gasteiger partial charge in [-0.15, -0.1) is 0 Å². The van der Waals surface area contributed by atoms with Gasteiger partial charge in [0.15, 0.2) is 11.5 Å². The number of rotatable bonds is 6. The highest BCUT2D eigenvalue weighted by molar-refractivity contribution is 6.14. The molecule has 0 bridgehead atoms. The van der Waals surface area contributed by atoms with E-state index >= 15 is 0 Å². The average Bonchev–Trinajstić information content (AvgIpc) is 3.36. The van der Waals surface area contributed by atoms with Crippen LogP contribution in [0, 0.1) is 0 Å². The quantitative estimate of drug-likeness (QED) is 0.689. The van der Waals surface area contributed by atoms with E-state index in [0.29, 0.717) is 31.9 Å². The van der Waals surface area contributed by atoms with Crippen molar-refractivity contribution in [2.24, 2.45) is 0 Å². The lowest BCUT2D eigenvalue weighted by Gasteiger charge is -2.29. The molecule has 2 aromatic rings. The Kier molecular flexibility index (Phi) is 5.23. The van der Waals surface area contributed by atoms with Gasteiger partial charge in [0.1, 0.15) is 13.1 Å². The second-order valence-electron chi connectivity index (χ2n) is 6.87. The average molecular weight is 384 g/mol. The van der Waals surface area contributed by atoms with E-state index in [0.717, 1.165) is 13.1 Å². The first-order valence-electron chi connectivity index (χ1n) is 9.30. The van der Waals surface area contributed by atoms with Crippen molar-refractivity contribution in [2.75, 3.05) is 39.4 Å². The number of amides is 1. The van der Waals surface area contributed by atoms with Crippen molar-refractivity contribution >= 4 is 11.7 Å². The summed E-state index contributed by atoms with van der Waals surface area (Å²) in [5.41, 5.74) is 0.705. The van der Waals surface area contributed by atoms with Gasteiger partial charge in [-0.3, -0.25) is 14.6 Å². The first kappa shape index (κ1) is 18.4. The van der Waals surface area contributed by atoms with Crippen LogP contribution in [0.2, 0.25) is 0 Å². The number of aliphatic hydroxyl groups is 1. The Morgan fingerprint density at radius 2 is 2.11 bits per heavy atom. The summed E-state index contributed by atoms with van der Waals surface area (Å²) < 4.78 is 10.6. The molecule has 1 saturated heterocycles. The molecule has 8 nitrogen and oxygen atoms in total. The van der Waals surface area contributed by atoms with Gasteiger partial charge in [-0.2, -0.15) is 0 Å². The third kappa shape index (κ3) is 3.44. The maximum absolute atomic E-state index is 13.0. The zero-order chi connectivity index (χ0) is 19.5. The zero-order valence-corrected chi connectivity index (χ0v) is 15.3. The number of furan rings is 1. The number of carbonyl (C=O) groups excluding carboxylic acids is 2. The van der Waals surface area contributed by atoms with Gasteiger partial charge in [0.2, 0.25) is 5.78 Å². The predicted molar refractivity (Wildman–Crippen MR) is 97.8 cm³/mol. The monoisotopic (exact) mass is 384 g/mol. The molecule has 8 heteroatoms. The molecule has 0 radical (unpaired) electrons. The second-order valence-corrected chi connectivity index (χ2v) is 6.87. The normalized spacial score (nSPS) is 20.8. The molecular formula is C20H22N3O5+.